The maximum Gasteiger partial charge on any atom is 0.296 e. The average Bonchev–Trinajstić information content (AvgIpc) is 2.45. The number of hydrogen-bond donors (Lipinski definition) is 2. The highest BCUT2D eigenvalue weighted by Crippen LogP contribution is 2.29. The number of anilines is 1. The molecule has 0 aliphatic heterocycles. The number of rotatable bonds is 8. The van der Waals surface area contributed by atoms with Crippen molar-refractivity contribution in [1.82, 2.24) is 0 Å². The molecule has 1 aromatic rings. The van der Waals surface area contributed by atoms with Crippen molar-refractivity contribution in [3.05, 3.63) is 28.3 Å². The Morgan fingerprint density at radius 3 is 2.76 bits per heavy atom. The topological polar surface area (TPSA) is 107 Å². The quantitative estimate of drug-likeness (QED) is 0.565. The molecule has 1 rings (SSSR count). The van der Waals surface area contributed by atoms with E-state index in [0.717, 1.165) is 6.42 Å². The number of nitrogens with zero attached hydrogens (tertiary/aromatic N) is 1. The molecule has 7 heteroatoms. The maximum absolute atomic E-state index is 11.9. The summed E-state index contributed by atoms with van der Waals surface area (Å²) in [4.78, 5) is 22.3. The predicted molar refractivity (Wildman–Crippen MR) is 80.3 cm³/mol. The largest absolute Gasteiger partial charge is 0.496 e. The van der Waals surface area contributed by atoms with Crippen molar-refractivity contribution in [3.63, 3.8) is 0 Å². The van der Waals surface area contributed by atoms with Crippen molar-refractivity contribution in [2.75, 3.05) is 19.0 Å². The number of ether oxygens (including phenoxy) is 1. The molecule has 0 aliphatic rings. The van der Waals surface area contributed by atoms with Crippen LogP contribution in [0, 0.1) is 16.0 Å². The Kier molecular flexibility index (Phi) is 6.61. The average molecular weight is 295 g/mol. The molecule has 1 atom stereocenters. The van der Waals surface area contributed by atoms with E-state index < -0.39 is 4.92 Å². The smallest absolute Gasteiger partial charge is 0.296 e. The van der Waals surface area contributed by atoms with Gasteiger partial charge in [0, 0.05) is 6.42 Å². The van der Waals surface area contributed by atoms with Gasteiger partial charge in [0.15, 0.2) is 0 Å². The number of hydrogen-bond acceptors (Lipinski definition) is 5. The number of nitrogens with one attached hydrogen (secondary N) is 1. The number of carbonyl (C=O) groups is 1. The fraction of sp³-hybridized carbons (Fsp3) is 0.500. The van der Waals surface area contributed by atoms with Crippen LogP contribution in [0.4, 0.5) is 11.4 Å². The lowest BCUT2D eigenvalue weighted by Gasteiger charge is -2.10. The van der Waals surface area contributed by atoms with E-state index in [1.807, 2.05) is 6.92 Å². The Hall–Kier alpha value is -2.15. The van der Waals surface area contributed by atoms with Gasteiger partial charge < -0.3 is 15.8 Å². The van der Waals surface area contributed by atoms with E-state index in [1.54, 1.807) is 6.07 Å². The standard InChI is InChI=1S/C14H21N3O4/c1-10(7-8-15)3-6-14(18)16-12-5-4-11(21-2)9-13(12)17(19)20/h4-5,9-10H,3,6-8,15H2,1-2H3,(H,16,18). The van der Waals surface area contributed by atoms with Crippen LogP contribution in [0.25, 0.3) is 0 Å². The number of methoxy groups -OCH3 is 1. The molecular weight excluding hydrogens is 274 g/mol. The van der Waals surface area contributed by atoms with Crippen LogP contribution in [0.15, 0.2) is 18.2 Å². The maximum atomic E-state index is 11.9. The Labute approximate surface area is 123 Å². The van der Waals surface area contributed by atoms with Gasteiger partial charge in [-0.3, -0.25) is 14.9 Å². The highest BCUT2D eigenvalue weighted by atomic mass is 16.6. The molecular formula is C14H21N3O4. The molecule has 1 amide bonds. The first-order valence-electron chi connectivity index (χ1n) is 6.80. The van der Waals surface area contributed by atoms with E-state index in [0.29, 0.717) is 31.1 Å². The molecule has 0 fully saturated rings. The van der Waals surface area contributed by atoms with Crippen molar-refractivity contribution in [2.24, 2.45) is 11.7 Å². The molecule has 0 aromatic heterocycles. The molecule has 0 bridgehead atoms. The number of nitrogens with two attached hydrogens (primary N) is 1. The van der Waals surface area contributed by atoms with Gasteiger partial charge in [-0.15, -0.1) is 0 Å². The zero-order valence-electron chi connectivity index (χ0n) is 12.3. The van der Waals surface area contributed by atoms with Gasteiger partial charge in [-0.05, 0) is 37.4 Å². The Bertz CT molecular complexity index is 505. The van der Waals surface area contributed by atoms with Gasteiger partial charge in [-0.25, -0.2) is 0 Å². The van der Waals surface area contributed by atoms with Gasteiger partial charge in [-0.1, -0.05) is 6.92 Å². The zero-order chi connectivity index (χ0) is 15.8. The SMILES string of the molecule is COc1ccc(NC(=O)CCC(C)CCN)c([N+](=O)[O-])c1. The summed E-state index contributed by atoms with van der Waals surface area (Å²) in [6, 6.07) is 4.32. The molecule has 1 aromatic carbocycles. The van der Waals surface area contributed by atoms with E-state index in [1.165, 1.54) is 19.2 Å². The van der Waals surface area contributed by atoms with Gasteiger partial charge in [0.2, 0.25) is 5.91 Å². The minimum absolute atomic E-state index is 0.178. The second-order valence-electron chi connectivity index (χ2n) is 4.91. The number of benzene rings is 1. The van der Waals surface area contributed by atoms with Crippen molar-refractivity contribution < 1.29 is 14.5 Å². The van der Waals surface area contributed by atoms with Crippen LogP contribution in [-0.2, 0) is 4.79 Å². The molecule has 0 saturated heterocycles. The summed E-state index contributed by atoms with van der Waals surface area (Å²) in [5.74, 6) is 0.481. The summed E-state index contributed by atoms with van der Waals surface area (Å²) in [5, 5.41) is 13.6. The highest BCUT2D eigenvalue weighted by Gasteiger charge is 2.17. The predicted octanol–water partition coefficient (Wildman–Crippen LogP) is 2.31. The van der Waals surface area contributed by atoms with Crippen molar-refractivity contribution in [1.29, 1.82) is 0 Å². The lowest BCUT2D eigenvalue weighted by molar-refractivity contribution is -0.384. The molecule has 3 N–H and O–H groups in total. The monoisotopic (exact) mass is 295 g/mol. The van der Waals surface area contributed by atoms with Gasteiger partial charge in [0.1, 0.15) is 11.4 Å². The molecule has 0 aliphatic carbocycles. The number of nitro groups is 1. The molecule has 1 unspecified atom stereocenters. The van der Waals surface area contributed by atoms with Crippen LogP contribution in [0.5, 0.6) is 5.75 Å². The third-order valence-corrected chi connectivity index (χ3v) is 3.20. The fourth-order valence-electron chi connectivity index (χ4n) is 1.91. The van der Waals surface area contributed by atoms with Crippen LogP contribution in [0.2, 0.25) is 0 Å². The molecule has 0 radical (unpaired) electrons. The van der Waals surface area contributed by atoms with Gasteiger partial charge in [0.05, 0.1) is 18.1 Å². The first-order chi connectivity index (χ1) is 9.97. The van der Waals surface area contributed by atoms with Crippen molar-refractivity contribution in [2.45, 2.75) is 26.2 Å². The number of carbonyl (C=O) groups excluding carboxylic acids is 1. The third-order valence-electron chi connectivity index (χ3n) is 3.20. The van der Waals surface area contributed by atoms with Crippen molar-refractivity contribution >= 4 is 17.3 Å². The zero-order valence-corrected chi connectivity index (χ0v) is 12.3. The molecule has 0 spiro atoms. The Morgan fingerprint density at radius 2 is 2.19 bits per heavy atom. The van der Waals surface area contributed by atoms with E-state index in [4.69, 9.17) is 10.5 Å². The lowest BCUT2D eigenvalue weighted by Crippen LogP contribution is -2.15. The van der Waals surface area contributed by atoms with Gasteiger partial charge in [0.25, 0.3) is 5.69 Å². The summed E-state index contributed by atoms with van der Waals surface area (Å²) >= 11 is 0. The fourth-order valence-corrected chi connectivity index (χ4v) is 1.91. The summed E-state index contributed by atoms with van der Waals surface area (Å²) < 4.78 is 4.94. The van der Waals surface area contributed by atoms with E-state index in [2.05, 4.69) is 5.32 Å². The normalized spacial score (nSPS) is 11.8. The van der Waals surface area contributed by atoms with Crippen molar-refractivity contribution in [3.8, 4) is 5.75 Å². The number of nitro benzene ring substituents is 1. The molecule has 0 heterocycles. The number of amides is 1. The minimum atomic E-state index is -0.546. The highest BCUT2D eigenvalue weighted by molar-refractivity contribution is 5.93. The van der Waals surface area contributed by atoms with E-state index in [-0.39, 0.29) is 17.3 Å². The molecule has 7 nitrogen and oxygen atoms in total. The van der Waals surface area contributed by atoms with Gasteiger partial charge in [-0.2, -0.15) is 0 Å². The Balaban J connectivity index is 2.69. The van der Waals surface area contributed by atoms with E-state index >= 15 is 0 Å². The first kappa shape index (κ1) is 16.9. The second-order valence-corrected chi connectivity index (χ2v) is 4.91. The second kappa shape index (κ2) is 8.21. The molecule has 0 saturated carbocycles. The molecule has 116 valence electrons. The lowest BCUT2D eigenvalue weighted by atomic mass is 10.0. The summed E-state index contributed by atoms with van der Waals surface area (Å²) in [6.07, 6.45) is 1.87. The first-order valence-corrected chi connectivity index (χ1v) is 6.80. The van der Waals surface area contributed by atoms with Crippen LogP contribution in [-0.4, -0.2) is 24.5 Å². The van der Waals surface area contributed by atoms with E-state index in [9.17, 15) is 14.9 Å². The Morgan fingerprint density at radius 1 is 1.48 bits per heavy atom. The van der Waals surface area contributed by atoms with Crippen LogP contribution < -0.4 is 15.8 Å². The minimum Gasteiger partial charge on any atom is -0.496 e. The summed E-state index contributed by atoms with van der Waals surface area (Å²) in [5.41, 5.74) is 5.45. The van der Waals surface area contributed by atoms with Crippen LogP contribution in [0.3, 0.4) is 0 Å². The van der Waals surface area contributed by atoms with Crippen LogP contribution >= 0.6 is 0 Å². The summed E-state index contributed by atoms with van der Waals surface area (Å²) in [6.45, 7) is 2.61. The van der Waals surface area contributed by atoms with Gasteiger partial charge >= 0.3 is 0 Å². The molecule has 21 heavy (non-hydrogen) atoms. The third kappa shape index (κ3) is 5.39. The summed E-state index contributed by atoms with van der Waals surface area (Å²) in [7, 11) is 1.43. The van der Waals surface area contributed by atoms with Crippen LogP contribution in [0.1, 0.15) is 26.2 Å².